The number of hydrogen-bond acceptors (Lipinski definition) is 5. The molecule has 1 aromatic heterocycles. The van der Waals surface area contributed by atoms with Gasteiger partial charge in [-0.3, -0.25) is 10.1 Å². The summed E-state index contributed by atoms with van der Waals surface area (Å²) in [4.78, 5) is 12.3. The third kappa shape index (κ3) is 3.93. The molecule has 90 valence electrons. The molecular weight excluding hydrogens is 210 g/mol. The number of aromatic nitrogens is 4. The molecule has 0 aliphatic rings. The van der Waals surface area contributed by atoms with E-state index in [1.165, 1.54) is 4.80 Å². The number of carboxylic acid groups (broad SMARTS) is 1. The molecule has 2 N–H and O–H groups in total. The fourth-order valence-electron chi connectivity index (χ4n) is 1.35. The maximum absolute atomic E-state index is 10.9. The second-order valence-electron chi connectivity index (χ2n) is 4.10. The molecule has 0 radical (unpaired) electrons. The Morgan fingerprint density at radius 1 is 1.56 bits per heavy atom. The minimum absolute atomic E-state index is 0.317. The molecule has 1 unspecified atom stereocenters. The Labute approximate surface area is 93.8 Å². The molecule has 1 heterocycles. The van der Waals surface area contributed by atoms with E-state index in [1.54, 1.807) is 7.05 Å². The van der Waals surface area contributed by atoms with Gasteiger partial charge in [-0.15, -0.1) is 10.2 Å². The van der Waals surface area contributed by atoms with Gasteiger partial charge in [-0.2, -0.15) is 4.80 Å². The highest BCUT2D eigenvalue weighted by Crippen LogP contribution is 2.05. The van der Waals surface area contributed by atoms with Crippen molar-refractivity contribution in [1.82, 2.24) is 25.5 Å². The molecule has 0 aliphatic carbocycles. The summed E-state index contributed by atoms with van der Waals surface area (Å²) in [6, 6.07) is -0.566. The summed E-state index contributed by atoms with van der Waals surface area (Å²) in [6.07, 6.45) is 0.579. The summed E-state index contributed by atoms with van der Waals surface area (Å²) in [6.45, 7) is 4.29. The van der Waals surface area contributed by atoms with Crippen molar-refractivity contribution in [3.8, 4) is 0 Å². The van der Waals surface area contributed by atoms with Crippen LogP contribution in [0.3, 0.4) is 0 Å². The zero-order valence-corrected chi connectivity index (χ0v) is 9.71. The van der Waals surface area contributed by atoms with Crippen molar-refractivity contribution in [2.24, 2.45) is 13.0 Å². The van der Waals surface area contributed by atoms with E-state index < -0.39 is 12.0 Å². The molecule has 0 bridgehead atoms. The minimum atomic E-state index is -0.849. The lowest BCUT2D eigenvalue weighted by Crippen LogP contribution is -2.37. The topological polar surface area (TPSA) is 92.9 Å². The van der Waals surface area contributed by atoms with Crippen molar-refractivity contribution in [2.75, 3.05) is 0 Å². The van der Waals surface area contributed by atoms with Crippen molar-refractivity contribution in [3.63, 3.8) is 0 Å². The molecule has 0 aromatic carbocycles. The van der Waals surface area contributed by atoms with Gasteiger partial charge in [0.15, 0.2) is 5.82 Å². The van der Waals surface area contributed by atoms with Gasteiger partial charge in [0.2, 0.25) is 0 Å². The number of nitrogens with one attached hydrogen (secondary N) is 1. The number of hydrogen-bond donors (Lipinski definition) is 2. The SMILES string of the molecule is CC(C)CC(NCc1nnn(C)n1)C(=O)O. The lowest BCUT2D eigenvalue weighted by Gasteiger charge is -2.14. The van der Waals surface area contributed by atoms with Crippen LogP contribution in [0.5, 0.6) is 0 Å². The van der Waals surface area contributed by atoms with E-state index in [1.807, 2.05) is 13.8 Å². The van der Waals surface area contributed by atoms with E-state index in [0.717, 1.165) is 0 Å². The largest absolute Gasteiger partial charge is 0.480 e. The molecule has 0 saturated carbocycles. The third-order valence-electron chi connectivity index (χ3n) is 2.06. The van der Waals surface area contributed by atoms with Crippen LogP contribution in [0.2, 0.25) is 0 Å². The monoisotopic (exact) mass is 227 g/mol. The van der Waals surface area contributed by atoms with Crippen LogP contribution in [0.4, 0.5) is 0 Å². The maximum Gasteiger partial charge on any atom is 0.320 e. The first-order valence-electron chi connectivity index (χ1n) is 5.18. The number of tetrazole rings is 1. The summed E-state index contributed by atoms with van der Waals surface area (Å²) >= 11 is 0. The Bertz CT molecular complexity index is 349. The van der Waals surface area contributed by atoms with E-state index in [0.29, 0.717) is 24.7 Å². The van der Waals surface area contributed by atoms with Crippen LogP contribution in [0.25, 0.3) is 0 Å². The van der Waals surface area contributed by atoms with Gasteiger partial charge >= 0.3 is 5.97 Å². The van der Waals surface area contributed by atoms with E-state index >= 15 is 0 Å². The summed E-state index contributed by atoms with van der Waals surface area (Å²) in [7, 11) is 1.67. The Kier molecular flexibility index (Phi) is 4.36. The molecule has 16 heavy (non-hydrogen) atoms. The van der Waals surface area contributed by atoms with Crippen LogP contribution in [0.1, 0.15) is 26.1 Å². The lowest BCUT2D eigenvalue weighted by molar-refractivity contribution is -0.140. The number of carbonyl (C=O) groups is 1. The van der Waals surface area contributed by atoms with E-state index in [-0.39, 0.29) is 0 Å². The number of nitrogens with zero attached hydrogens (tertiary/aromatic N) is 4. The van der Waals surface area contributed by atoms with Gasteiger partial charge in [0.25, 0.3) is 0 Å². The molecule has 7 nitrogen and oxygen atoms in total. The van der Waals surface area contributed by atoms with E-state index in [9.17, 15) is 4.79 Å². The van der Waals surface area contributed by atoms with Crippen LogP contribution < -0.4 is 5.32 Å². The van der Waals surface area contributed by atoms with Crippen molar-refractivity contribution >= 4 is 5.97 Å². The Hall–Kier alpha value is -1.50. The van der Waals surface area contributed by atoms with Gasteiger partial charge in [-0.1, -0.05) is 13.8 Å². The Morgan fingerprint density at radius 3 is 2.69 bits per heavy atom. The van der Waals surface area contributed by atoms with Gasteiger partial charge in [-0.25, -0.2) is 0 Å². The fourth-order valence-corrected chi connectivity index (χ4v) is 1.35. The van der Waals surface area contributed by atoms with Gasteiger partial charge < -0.3 is 5.11 Å². The van der Waals surface area contributed by atoms with Crippen LogP contribution in [-0.2, 0) is 18.4 Å². The van der Waals surface area contributed by atoms with Gasteiger partial charge in [-0.05, 0) is 17.6 Å². The summed E-state index contributed by atoms with van der Waals surface area (Å²) in [5.41, 5.74) is 0. The van der Waals surface area contributed by atoms with Gasteiger partial charge in [0.05, 0.1) is 13.6 Å². The molecule has 0 fully saturated rings. The number of aryl methyl sites for hydroxylation is 1. The first kappa shape index (κ1) is 12.6. The summed E-state index contributed by atoms with van der Waals surface area (Å²) < 4.78 is 0. The van der Waals surface area contributed by atoms with Gasteiger partial charge in [0, 0.05) is 0 Å². The quantitative estimate of drug-likeness (QED) is 0.699. The molecule has 1 rings (SSSR count). The standard InChI is InChI=1S/C9H17N5O2/c1-6(2)4-7(9(15)16)10-5-8-11-13-14(3)12-8/h6-7,10H,4-5H2,1-3H3,(H,15,16). The van der Waals surface area contributed by atoms with Crippen LogP contribution in [0, 0.1) is 5.92 Å². The Morgan fingerprint density at radius 2 is 2.25 bits per heavy atom. The van der Waals surface area contributed by atoms with Crippen molar-refractivity contribution < 1.29 is 9.90 Å². The number of rotatable bonds is 6. The second-order valence-corrected chi connectivity index (χ2v) is 4.10. The predicted molar refractivity (Wildman–Crippen MR) is 56.5 cm³/mol. The molecule has 0 amide bonds. The second kappa shape index (κ2) is 5.55. The molecule has 0 spiro atoms. The number of carboxylic acids is 1. The van der Waals surface area contributed by atoms with Crippen LogP contribution in [0.15, 0.2) is 0 Å². The average Bonchev–Trinajstić information content (AvgIpc) is 2.58. The lowest BCUT2D eigenvalue weighted by atomic mass is 10.0. The van der Waals surface area contributed by atoms with Crippen molar-refractivity contribution in [1.29, 1.82) is 0 Å². The molecule has 1 atom stereocenters. The molecule has 0 aliphatic heterocycles. The van der Waals surface area contributed by atoms with Crippen LogP contribution >= 0.6 is 0 Å². The van der Waals surface area contributed by atoms with Gasteiger partial charge in [0.1, 0.15) is 6.04 Å². The van der Waals surface area contributed by atoms with E-state index in [2.05, 4.69) is 20.7 Å². The van der Waals surface area contributed by atoms with Crippen molar-refractivity contribution in [2.45, 2.75) is 32.9 Å². The highest BCUT2D eigenvalue weighted by atomic mass is 16.4. The zero-order chi connectivity index (χ0) is 12.1. The van der Waals surface area contributed by atoms with Crippen molar-refractivity contribution in [3.05, 3.63) is 5.82 Å². The average molecular weight is 227 g/mol. The first-order chi connectivity index (χ1) is 7.49. The smallest absolute Gasteiger partial charge is 0.320 e. The molecule has 0 saturated heterocycles. The molecule has 7 heteroatoms. The minimum Gasteiger partial charge on any atom is -0.480 e. The highest BCUT2D eigenvalue weighted by Gasteiger charge is 2.18. The Balaban J connectivity index is 2.46. The molecule has 1 aromatic rings. The molecular formula is C9H17N5O2. The third-order valence-corrected chi connectivity index (χ3v) is 2.06. The zero-order valence-electron chi connectivity index (χ0n) is 9.71. The predicted octanol–water partition coefficient (Wildman–Crippen LogP) is -0.201. The van der Waals surface area contributed by atoms with E-state index in [4.69, 9.17) is 5.11 Å². The first-order valence-corrected chi connectivity index (χ1v) is 5.18. The fraction of sp³-hybridized carbons (Fsp3) is 0.778. The maximum atomic E-state index is 10.9. The van der Waals surface area contributed by atoms with Crippen LogP contribution in [-0.4, -0.2) is 37.3 Å². The summed E-state index contributed by atoms with van der Waals surface area (Å²) in [5.74, 6) is -0.0292. The number of aliphatic carboxylic acids is 1. The summed E-state index contributed by atoms with van der Waals surface area (Å²) in [5, 5.41) is 23.3. The normalized spacial score (nSPS) is 13.0. The highest BCUT2D eigenvalue weighted by molar-refractivity contribution is 5.73.